The average Bonchev–Trinajstić information content (AvgIpc) is 2.16. The Bertz CT molecular complexity index is 284. The van der Waals surface area contributed by atoms with Gasteiger partial charge in [0.15, 0.2) is 0 Å². The molecule has 3 heteroatoms. The molecule has 0 aliphatic rings. The van der Waals surface area contributed by atoms with Crippen molar-refractivity contribution >= 4 is 5.91 Å². The Labute approximate surface area is 71.0 Å². The van der Waals surface area contributed by atoms with Crippen LogP contribution in [0.25, 0.3) is 0 Å². The van der Waals surface area contributed by atoms with Crippen LogP contribution in [0.4, 0.5) is 0 Å². The molecule has 64 valence electrons. The van der Waals surface area contributed by atoms with Crippen molar-refractivity contribution < 1.29 is 10.0 Å². The summed E-state index contributed by atoms with van der Waals surface area (Å²) in [6, 6.07) is 7.19. The maximum absolute atomic E-state index is 11.0. The minimum atomic E-state index is -0.451. The van der Waals surface area contributed by atoms with Crippen LogP contribution in [0.15, 0.2) is 24.3 Å². The molecule has 1 rings (SSSR count). The number of benzene rings is 1. The molecule has 0 aromatic heterocycles. The molecule has 0 aliphatic heterocycles. The Balaban J connectivity index is 3.04. The molecule has 0 aliphatic carbocycles. The zero-order valence-electron chi connectivity index (χ0n) is 6.87. The van der Waals surface area contributed by atoms with Gasteiger partial charge in [-0.25, -0.2) is 5.48 Å². The average molecular weight is 165 g/mol. The van der Waals surface area contributed by atoms with E-state index in [-0.39, 0.29) is 0 Å². The van der Waals surface area contributed by atoms with Gasteiger partial charge in [0, 0.05) is 5.56 Å². The molecule has 3 nitrogen and oxygen atoms in total. The number of carbonyl (C=O) groups excluding carboxylic acids is 1. The van der Waals surface area contributed by atoms with Crippen LogP contribution >= 0.6 is 0 Å². The maximum atomic E-state index is 11.0. The zero-order valence-corrected chi connectivity index (χ0v) is 6.87. The first-order valence-corrected chi connectivity index (χ1v) is 3.82. The largest absolute Gasteiger partial charge is 0.288 e. The van der Waals surface area contributed by atoms with Gasteiger partial charge >= 0.3 is 0 Å². The molecule has 0 saturated carbocycles. The van der Waals surface area contributed by atoms with Crippen LogP contribution in [-0.2, 0) is 6.42 Å². The van der Waals surface area contributed by atoms with E-state index in [4.69, 9.17) is 5.21 Å². The summed E-state index contributed by atoms with van der Waals surface area (Å²) in [6.07, 6.45) is 0.781. The first-order valence-electron chi connectivity index (χ1n) is 3.82. The summed E-state index contributed by atoms with van der Waals surface area (Å²) in [4.78, 5) is 11.0. The smallest absolute Gasteiger partial charge is 0.274 e. The van der Waals surface area contributed by atoms with Crippen LogP contribution in [0.2, 0.25) is 0 Å². The first kappa shape index (κ1) is 8.74. The third kappa shape index (κ3) is 1.62. The molecular weight excluding hydrogens is 154 g/mol. The van der Waals surface area contributed by atoms with Gasteiger partial charge in [0.05, 0.1) is 0 Å². The van der Waals surface area contributed by atoms with E-state index in [1.54, 1.807) is 17.6 Å². The van der Waals surface area contributed by atoms with E-state index in [0.29, 0.717) is 5.56 Å². The third-order valence-electron chi connectivity index (χ3n) is 1.74. The van der Waals surface area contributed by atoms with Gasteiger partial charge in [0.25, 0.3) is 5.91 Å². The zero-order chi connectivity index (χ0) is 8.97. The van der Waals surface area contributed by atoms with E-state index < -0.39 is 5.91 Å². The predicted molar refractivity (Wildman–Crippen MR) is 45.1 cm³/mol. The number of hydrogen-bond acceptors (Lipinski definition) is 2. The number of hydrogen-bond donors (Lipinski definition) is 2. The van der Waals surface area contributed by atoms with Gasteiger partial charge in [0.2, 0.25) is 0 Å². The van der Waals surface area contributed by atoms with Gasteiger partial charge in [-0.05, 0) is 18.1 Å². The second kappa shape index (κ2) is 3.88. The molecule has 0 saturated heterocycles. The molecule has 0 heterocycles. The lowest BCUT2D eigenvalue weighted by Crippen LogP contribution is -2.19. The van der Waals surface area contributed by atoms with Crippen LogP contribution in [0.3, 0.4) is 0 Å². The van der Waals surface area contributed by atoms with E-state index in [9.17, 15) is 4.79 Å². The molecule has 0 radical (unpaired) electrons. The second-order valence-electron chi connectivity index (χ2n) is 2.45. The molecule has 0 bridgehead atoms. The van der Waals surface area contributed by atoms with Crippen LogP contribution < -0.4 is 5.48 Å². The van der Waals surface area contributed by atoms with Crippen molar-refractivity contribution in [3.8, 4) is 0 Å². The van der Waals surface area contributed by atoms with Crippen molar-refractivity contribution in [2.45, 2.75) is 13.3 Å². The van der Waals surface area contributed by atoms with E-state index in [2.05, 4.69) is 0 Å². The third-order valence-corrected chi connectivity index (χ3v) is 1.74. The fraction of sp³-hybridized carbons (Fsp3) is 0.222. The van der Waals surface area contributed by atoms with Crippen molar-refractivity contribution in [1.82, 2.24) is 5.48 Å². The number of rotatable bonds is 2. The standard InChI is InChI=1S/C9H11NO2/c1-2-7-5-3-4-6-8(7)9(11)10-12/h3-6,12H,2H2,1H3,(H,10,11). The van der Waals surface area contributed by atoms with Crippen LogP contribution in [0.1, 0.15) is 22.8 Å². The van der Waals surface area contributed by atoms with Crippen LogP contribution in [0.5, 0.6) is 0 Å². The Hall–Kier alpha value is -1.35. The highest BCUT2D eigenvalue weighted by Crippen LogP contribution is 2.08. The molecule has 1 aromatic rings. The van der Waals surface area contributed by atoms with Gasteiger partial charge in [-0.3, -0.25) is 10.0 Å². The molecule has 1 amide bonds. The highest BCUT2D eigenvalue weighted by atomic mass is 16.5. The quantitative estimate of drug-likeness (QED) is 0.513. The summed E-state index contributed by atoms with van der Waals surface area (Å²) in [7, 11) is 0. The number of amides is 1. The Morgan fingerprint density at radius 3 is 2.75 bits per heavy atom. The Kier molecular flexibility index (Phi) is 2.82. The van der Waals surface area contributed by atoms with E-state index in [1.165, 1.54) is 0 Å². The van der Waals surface area contributed by atoms with Gasteiger partial charge in [0.1, 0.15) is 0 Å². The molecular formula is C9H11NO2. The van der Waals surface area contributed by atoms with Gasteiger partial charge in [-0.15, -0.1) is 0 Å². The van der Waals surface area contributed by atoms with Crippen LogP contribution in [0, 0.1) is 0 Å². The lowest BCUT2D eigenvalue weighted by Gasteiger charge is -2.03. The van der Waals surface area contributed by atoms with Crippen molar-refractivity contribution in [2.75, 3.05) is 0 Å². The Morgan fingerprint density at radius 2 is 2.17 bits per heavy atom. The molecule has 2 N–H and O–H groups in total. The van der Waals surface area contributed by atoms with Gasteiger partial charge < -0.3 is 0 Å². The first-order chi connectivity index (χ1) is 5.79. The number of hydroxylamine groups is 1. The summed E-state index contributed by atoms with van der Waals surface area (Å²) < 4.78 is 0. The van der Waals surface area contributed by atoms with E-state index >= 15 is 0 Å². The molecule has 12 heavy (non-hydrogen) atoms. The van der Waals surface area contributed by atoms with Gasteiger partial charge in [-0.1, -0.05) is 25.1 Å². The fourth-order valence-electron chi connectivity index (χ4n) is 1.11. The summed E-state index contributed by atoms with van der Waals surface area (Å²) in [5, 5.41) is 8.41. The Morgan fingerprint density at radius 1 is 1.50 bits per heavy atom. The summed E-state index contributed by atoms with van der Waals surface area (Å²) in [5.74, 6) is -0.451. The second-order valence-corrected chi connectivity index (χ2v) is 2.45. The van der Waals surface area contributed by atoms with E-state index in [0.717, 1.165) is 12.0 Å². The van der Waals surface area contributed by atoms with E-state index in [1.807, 2.05) is 19.1 Å². The molecule has 0 fully saturated rings. The van der Waals surface area contributed by atoms with Gasteiger partial charge in [-0.2, -0.15) is 0 Å². The lowest BCUT2D eigenvalue weighted by molar-refractivity contribution is 0.0705. The van der Waals surface area contributed by atoms with Crippen molar-refractivity contribution in [2.24, 2.45) is 0 Å². The van der Waals surface area contributed by atoms with Crippen LogP contribution in [-0.4, -0.2) is 11.1 Å². The fourth-order valence-corrected chi connectivity index (χ4v) is 1.11. The minimum Gasteiger partial charge on any atom is -0.288 e. The minimum absolute atomic E-state index is 0.451. The summed E-state index contributed by atoms with van der Waals surface area (Å²) in [5.41, 5.74) is 3.08. The number of nitrogens with one attached hydrogen (secondary N) is 1. The SMILES string of the molecule is CCc1ccccc1C(=O)NO. The highest BCUT2D eigenvalue weighted by molar-refractivity contribution is 5.94. The molecule has 0 spiro atoms. The van der Waals surface area contributed by atoms with Crippen molar-refractivity contribution in [3.05, 3.63) is 35.4 Å². The normalized spacial score (nSPS) is 9.50. The predicted octanol–water partition coefficient (Wildman–Crippen LogP) is 1.37. The topological polar surface area (TPSA) is 49.3 Å². The van der Waals surface area contributed by atoms with Crippen molar-refractivity contribution in [1.29, 1.82) is 0 Å². The summed E-state index contributed by atoms with van der Waals surface area (Å²) >= 11 is 0. The van der Waals surface area contributed by atoms with Crippen molar-refractivity contribution in [3.63, 3.8) is 0 Å². The summed E-state index contributed by atoms with van der Waals surface area (Å²) in [6.45, 7) is 1.96. The monoisotopic (exact) mass is 165 g/mol. The highest BCUT2D eigenvalue weighted by Gasteiger charge is 2.06. The lowest BCUT2D eigenvalue weighted by atomic mass is 10.1. The maximum Gasteiger partial charge on any atom is 0.274 e. The number of carbonyl (C=O) groups is 1. The number of aryl methyl sites for hydroxylation is 1. The molecule has 0 atom stereocenters. The molecule has 0 unspecified atom stereocenters. The molecule has 1 aromatic carbocycles.